The zero-order chi connectivity index (χ0) is 16.7. The van der Waals surface area contributed by atoms with Crippen molar-refractivity contribution in [2.45, 2.75) is 25.3 Å². The molecule has 126 valence electrons. The quantitative estimate of drug-likeness (QED) is 0.837. The first-order valence-corrected chi connectivity index (χ1v) is 8.57. The second-order valence-corrected chi connectivity index (χ2v) is 6.89. The number of carbonyl (C=O) groups excluding carboxylic acids is 1. The predicted molar refractivity (Wildman–Crippen MR) is 88.8 cm³/mol. The van der Waals surface area contributed by atoms with E-state index in [1.165, 1.54) is 0 Å². The topological polar surface area (TPSA) is 60.2 Å². The Kier molecular flexibility index (Phi) is 3.92. The van der Waals surface area contributed by atoms with Crippen LogP contribution in [0.1, 0.15) is 30.3 Å². The Balaban J connectivity index is 1.54. The molecule has 2 atom stereocenters. The molecule has 6 nitrogen and oxygen atoms in total. The van der Waals surface area contributed by atoms with Crippen molar-refractivity contribution in [1.29, 1.82) is 0 Å². The molecular weight excluding hydrogens is 328 g/mol. The number of benzene rings is 1. The van der Waals surface area contributed by atoms with Crippen LogP contribution < -0.4 is 4.74 Å². The summed E-state index contributed by atoms with van der Waals surface area (Å²) in [6, 6.07) is 5.58. The van der Waals surface area contributed by atoms with Gasteiger partial charge in [0.05, 0.1) is 12.0 Å². The van der Waals surface area contributed by atoms with Gasteiger partial charge in [-0.15, -0.1) is 10.2 Å². The lowest BCUT2D eigenvalue weighted by Crippen LogP contribution is -2.41. The van der Waals surface area contributed by atoms with E-state index in [-0.39, 0.29) is 17.9 Å². The van der Waals surface area contributed by atoms with Crippen molar-refractivity contribution < 1.29 is 9.53 Å². The number of ether oxygens (including phenoxy) is 1. The van der Waals surface area contributed by atoms with Crippen LogP contribution in [0.4, 0.5) is 0 Å². The van der Waals surface area contributed by atoms with E-state index >= 15 is 0 Å². The zero-order valence-corrected chi connectivity index (χ0v) is 14.2. The van der Waals surface area contributed by atoms with Gasteiger partial charge in [-0.3, -0.25) is 4.79 Å². The SMILES string of the molecule is Cn1cnnc1C1CCCN1C(=O)C1COc2ccc(Cl)cc2C1. The molecule has 7 heteroatoms. The number of likely N-dealkylation sites (tertiary alicyclic amines) is 1. The van der Waals surface area contributed by atoms with E-state index in [2.05, 4.69) is 10.2 Å². The molecule has 2 unspecified atom stereocenters. The highest BCUT2D eigenvalue weighted by atomic mass is 35.5. The first-order chi connectivity index (χ1) is 11.6. The minimum atomic E-state index is -0.176. The Morgan fingerprint density at radius 3 is 3.08 bits per heavy atom. The van der Waals surface area contributed by atoms with Crippen LogP contribution in [0.25, 0.3) is 0 Å². The third kappa shape index (κ3) is 2.65. The summed E-state index contributed by atoms with van der Waals surface area (Å²) in [5.41, 5.74) is 1.00. The van der Waals surface area contributed by atoms with Crippen LogP contribution >= 0.6 is 11.6 Å². The van der Waals surface area contributed by atoms with Gasteiger partial charge >= 0.3 is 0 Å². The molecule has 0 radical (unpaired) electrons. The number of aromatic nitrogens is 3. The molecular formula is C17H19ClN4O2. The highest BCUT2D eigenvalue weighted by Gasteiger charge is 2.37. The van der Waals surface area contributed by atoms with Gasteiger partial charge in [0.1, 0.15) is 18.7 Å². The normalized spacial score (nSPS) is 23.0. The first-order valence-electron chi connectivity index (χ1n) is 8.19. The Morgan fingerprint density at radius 1 is 1.42 bits per heavy atom. The average molecular weight is 347 g/mol. The standard InChI is InChI=1S/C17H19ClN4O2/c1-21-10-19-20-16(21)14-3-2-6-22(14)17(23)12-7-11-8-13(18)4-5-15(11)24-9-12/h4-5,8,10,12,14H,2-3,6-7,9H2,1H3. The summed E-state index contributed by atoms with van der Waals surface area (Å²) in [5, 5.41) is 8.81. The van der Waals surface area contributed by atoms with Crippen LogP contribution in [0.2, 0.25) is 5.02 Å². The maximum absolute atomic E-state index is 13.1. The van der Waals surface area contributed by atoms with Gasteiger partial charge in [-0.1, -0.05) is 11.6 Å². The highest BCUT2D eigenvalue weighted by Crippen LogP contribution is 2.35. The molecule has 1 amide bonds. The lowest BCUT2D eigenvalue weighted by molar-refractivity contribution is -0.138. The third-order valence-electron chi connectivity index (χ3n) is 4.86. The van der Waals surface area contributed by atoms with Crippen molar-refractivity contribution >= 4 is 17.5 Å². The molecule has 1 saturated heterocycles. The molecule has 0 saturated carbocycles. The lowest BCUT2D eigenvalue weighted by atomic mass is 9.95. The molecule has 0 aliphatic carbocycles. The monoisotopic (exact) mass is 346 g/mol. The fraction of sp³-hybridized carbons (Fsp3) is 0.471. The average Bonchev–Trinajstić information content (AvgIpc) is 3.21. The summed E-state index contributed by atoms with van der Waals surface area (Å²) >= 11 is 6.07. The van der Waals surface area contributed by atoms with E-state index in [4.69, 9.17) is 16.3 Å². The molecule has 1 aromatic carbocycles. The minimum Gasteiger partial charge on any atom is -0.492 e. The van der Waals surface area contributed by atoms with E-state index in [9.17, 15) is 4.79 Å². The van der Waals surface area contributed by atoms with Crippen molar-refractivity contribution in [3.05, 3.63) is 40.9 Å². The molecule has 2 aliphatic heterocycles. The summed E-state index contributed by atoms with van der Waals surface area (Å²) in [4.78, 5) is 15.0. The van der Waals surface area contributed by atoms with E-state index in [1.54, 1.807) is 6.33 Å². The summed E-state index contributed by atoms with van der Waals surface area (Å²) in [6.07, 6.45) is 4.25. The summed E-state index contributed by atoms with van der Waals surface area (Å²) < 4.78 is 7.67. The summed E-state index contributed by atoms with van der Waals surface area (Å²) in [5.74, 6) is 1.63. The van der Waals surface area contributed by atoms with Gasteiger partial charge < -0.3 is 14.2 Å². The Morgan fingerprint density at radius 2 is 2.29 bits per heavy atom. The number of rotatable bonds is 2. The van der Waals surface area contributed by atoms with Crippen molar-refractivity contribution in [2.24, 2.45) is 13.0 Å². The number of halogens is 1. The van der Waals surface area contributed by atoms with Gasteiger partial charge in [0.25, 0.3) is 0 Å². The maximum Gasteiger partial charge on any atom is 0.230 e. The molecule has 0 N–H and O–H groups in total. The van der Waals surface area contributed by atoms with Crippen LogP contribution in [0.3, 0.4) is 0 Å². The van der Waals surface area contributed by atoms with E-state index in [0.717, 1.165) is 36.5 Å². The van der Waals surface area contributed by atoms with Gasteiger partial charge in [-0.25, -0.2) is 0 Å². The van der Waals surface area contributed by atoms with Crippen molar-refractivity contribution in [1.82, 2.24) is 19.7 Å². The van der Waals surface area contributed by atoms with E-state index in [1.807, 2.05) is 34.7 Å². The second kappa shape index (κ2) is 6.09. The molecule has 0 spiro atoms. The Labute approximate surface area is 145 Å². The maximum atomic E-state index is 13.1. The number of aryl methyl sites for hydroxylation is 1. The zero-order valence-electron chi connectivity index (χ0n) is 13.5. The van der Waals surface area contributed by atoms with Crippen LogP contribution in [0, 0.1) is 5.92 Å². The van der Waals surface area contributed by atoms with Crippen molar-refractivity contribution in [3.8, 4) is 5.75 Å². The van der Waals surface area contributed by atoms with Crippen LogP contribution in [0.5, 0.6) is 5.75 Å². The van der Waals surface area contributed by atoms with E-state index in [0.29, 0.717) is 18.1 Å². The number of carbonyl (C=O) groups is 1. The van der Waals surface area contributed by atoms with Crippen molar-refractivity contribution in [2.75, 3.05) is 13.2 Å². The minimum absolute atomic E-state index is 0.00533. The number of fused-ring (bicyclic) bond motifs is 1. The third-order valence-corrected chi connectivity index (χ3v) is 5.09. The van der Waals surface area contributed by atoms with E-state index < -0.39 is 0 Å². The molecule has 24 heavy (non-hydrogen) atoms. The van der Waals surface area contributed by atoms with Gasteiger partial charge in [0, 0.05) is 18.6 Å². The molecule has 3 heterocycles. The highest BCUT2D eigenvalue weighted by molar-refractivity contribution is 6.30. The lowest BCUT2D eigenvalue weighted by Gasteiger charge is -2.31. The summed E-state index contributed by atoms with van der Waals surface area (Å²) in [7, 11) is 1.91. The van der Waals surface area contributed by atoms with Crippen LogP contribution in [-0.2, 0) is 18.3 Å². The van der Waals surface area contributed by atoms with Crippen molar-refractivity contribution in [3.63, 3.8) is 0 Å². The molecule has 2 aromatic rings. The fourth-order valence-corrected chi connectivity index (χ4v) is 3.84. The molecule has 1 fully saturated rings. The second-order valence-electron chi connectivity index (χ2n) is 6.45. The van der Waals surface area contributed by atoms with Gasteiger partial charge in [-0.2, -0.15) is 0 Å². The molecule has 2 aliphatic rings. The number of amides is 1. The smallest absolute Gasteiger partial charge is 0.230 e. The van der Waals surface area contributed by atoms with Gasteiger partial charge in [0.2, 0.25) is 5.91 Å². The Bertz CT molecular complexity index is 776. The van der Waals surface area contributed by atoms with Gasteiger partial charge in [0.15, 0.2) is 5.82 Å². The number of hydrogen-bond acceptors (Lipinski definition) is 4. The van der Waals surface area contributed by atoms with Crippen LogP contribution in [0.15, 0.2) is 24.5 Å². The molecule has 0 bridgehead atoms. The van der Waals surface area contributed by atoms with Gasteiger partial charge in [-0.05, 0) is 43.0 Å². The fourth-order valence-electron chi connectivity index (χ4n) is 3.65. The largest absolute Gasteiger partial charge is 0.492 e. The molecule has 1 aromatic heterocycles. The number of nitrogens with zero attached hydrogens (tertiary/aromatic N) is 4. The number of hydrogen-bond donors (Lipinski definition) is 0. The molecule has 4 rings (SSSR count). The first kappa shape index (κ1) is 15.4. The predicted octanol–water partition coefficient (Wildman–Crippen LogP) is 2.38. The Hall–Kier alpha value is -2.08. The van der Waals surface area contributed by atoms with Crippen LogP contribution in [-0.4, -0.2) is 38.7 Å². The summed E-state index contributed by atoms with van der Waals surface area (Å²) in [6.45, 7) is 1.17.